The molecule has 0 aliphatic rings. The van der Waals surface area contributed by atoms with Gasteiger partial charge in [0.2, 0.25) is 0 Å². The molecule has 1 amide bonds. The molecule has 0 saturated heterocycles. The van der Waals surface area contributed by atoms with Crippen LogP contribution in [0.15, 0.2) is 18.2 Å². The Morgan fingerprint density at radius 2 is 2.12 bits per heavy atom. The summed E-state index contributed by atoms with van der Waals surface area (Å²) >= 11 is 11.6. The first-order valence-electron chi connectivity index (χ1n) is 4.41. The minimum absolute atomic E-state index is 0.428. The van der Waals surface area contributed by atoms with E-state index in [4.69, 9.17) is 28.9 Å². The Morgan fingerprint density at radius 1 is 1.44 bits per heavy atom. The second kappa shape index (κ2) is 5.64. The molecule has 1 atom stereocenters. The van der Waals surface area contributed by atoms with Crippen LogP contribution in [-0.4, -0.2) is 12.2 Å². The van der Waals surface area contributed by atoms with Crippen molar-refractivity contribution in [2.24, 2.45) is 5.73 Å². The Balaban J connectivity index is 2.76. The van der Waals surface area contributed by atoms with E-state index >= 15 is 0 Å². The Hall–Kier alpha value is -1.37. The molecule has 0 aliphatic heterocycles. The van der Waals surface area contributed by atoms with Gasteiger partial charge in [0.05, 0.1) is 10.0 Å². The van der Waals surface area contributed by atoms with Gasteiger partial charge < -0.3 is 10.5 Å². The lowest BCUT2D eigenvalue weighted by Crippen LogP contribution is -2.18. The number of nitrogens with two attached hydrogens (primary N) is 1. The summed E-state index contributed by atoms with van der Waals surface area (Å²) in [6.45, 7) is 1.62. The van der Waals surface area contributed by atoms with Crippen molar-refractivity contribution in [3.05, 3.63) is 33.8 Å². The van der Waals surface area contributed by atoms with Crippen LogP contribution in [0.5, 0.6) is 0 Å². The number of primary amides is 1. The molecule has 0 heterocycles. The van der Waals surface area contributed by atoms with Crippen molar-refractivity contribution in [1.29, 1.82) is 0 Å². The number of ether oxygens (including phenoxy) is 1. The summed E-state index contributed by atoms with van der Waals surface area (Å²) in [5, 5.41) is 0.894. The number of carbonyl (C=O) groups excluding carboxylic acids is 1. The Labute approximate surface area is 103 Å². The average molecular weight is 258 g/mol. The van der Waals surface area contributed by atoms with Gasteiger partial charge in [-0.1, -0.05) is 35.0 Å². The highest BCUT2D eigenvalue weighted by molar-refractivity contribution is 6.42. The van der Waals surface area contributed by atoms with Crippen LogP contribution in [-0.2, 0) is 4.74 Å². The van der Waals surface area contributed by atoms with Crippen molar-refractivity contribution in [3.63, 3.8) is 0 Å². The van der Waals surface area contributed by atoms with Crippen LogP contribution >= 0.6 is 23.2 Å². The monoisotopic (exact) mass is 257 g/mol. The molecule has 0 spiro atoms. The third-order valence-corrected chi connectivity index (χ3v) is 2.37. The lowest BCUT2D eigenvalue weighted by molar-refractivity contribution is 0.141. The molecule has 16 heavy (non-hydrogen) atoms. The fraction of sp³-hybridized carbons (Fsp3) is 0.182. The summed E-state index contributed by atoms with van der Waals surface area (Å²) in [4.78, 5) is 10.4. The summed E-state index contributed by atoms with van der Waals surface area (Å²) in [6.07, 6.45) is -1.41. The van der Waals surface area contributed by atoms with Gasteiger partial charge in [0.1, 0.15) is 0 Å². The van der Waals surface area contributed by atoms with Crippen molar-refractivity contribution >= 4 is 29.3 Å². The Bertz CT molecular complexity index is 463. The maximum atomic E-state index is 10.4. The van der Waals surface area contributed by atoms with E-state index in [0.717, 1.165) is 0 Å². The van der Waals surface area contributed by atoms with Gasteiger partial charge in [-0.25, -0.2) is 4.79 Å². The number of hydrogen-bond donors (Lipinski definition) is 1. The molecular weight excluding hydrogens is 249 g/mol. The smallest absolute Gasteiger partial charge is 0.405 e. The summed E-state index contributed by atoms with van der Waals surface area (Å²) in [5.74, 6) is 5.49. The SMILES string of the molecule is CC(C#Cc1ccc(Cl)c(Cl)c1)OC(N)=O. The average Bonchev–Trinajstić information content (AvgIpc) is 2.19. The number of rotatable bonds is 1. The van der Waals surface area contributed by atoms with E-state index in [9.17, 15) is 4.79 Å². The molecular formula is C11H9Cl2NO2. The molecule has 0 bridgehead atoms. The zero-order chi connectivity index (χ0) is 12.1. The van der Waals surface area contributed by atoms with Crippen LogP contribution in [0.2, 0.25) is 10.0 Å². The van der Waals surface area contributed by atoms with E-state index in [1.54, 1.807) is 25.1 Å². The molecule has 2 N–H and O–H groups in total. The van der Waals surface area contributed by atoms with E-state index in [1.165, 1.54) is 0 Å². The molecule has 0 fully saturated rings. The molecule has 1 rings (SSSR count). The zero-order valence-electron chi connectivity index (χ0n) is 8.46. The minimum Gasteiger partial charge on any atom is -0.433 e. The van der Waals surface area contributed by atoms with Crippen LogP contribution < -0.4 is 5.73 Å². The van der Waals surface area contributed by atoms with Crippen molar-refractivity contribution in [1.82, 2.24) is 0 Å². The quantitative estimate of drug-likeness (QED) is 0.787. The molecule has 84 valence electrons. The summed E-state index contributed by atoms with van der Waals surface area (Å²) in [5.41, 5.74) is 5.53. The van der Waals surface area contributed by atoms with Gasteiger partial charge in [-0.3, -0.25) is 0 Å². The highest BCUT2D eigenvalue weighted by Gasteiger charge is 2.01. The van der Waals surface area contributed by atoms with Crippen LogP contribution in [0.4, 0.5) is 4.79 Å². The van der Waals surface area contributed by atoms with Crippen LogP contribution in [0, 0.1) is 11.8 Å². The molecule has 0 aliphatic carbocycles. The van der Waals surface area contributed by atoms with E-state index in [-0.39, 0.29) is 0 Å². The molecule has 3 nitrogen and oxygen atoms in total. The van der Waals surface area contributed by atoms with E-state index in [2.05, 4.69) is 16.6 Å². The molecule has 0 saturated carbocycles. The van der Waals surface area contributed by atoms with Crippen LogP contribution in [0.3, 0.4) is 0 Å². The van der Waals surface area contributed by atoms with Crippen molar-refractivity contribution < 1.29 is 9.53 Å². The molecule has 0 aromatic heterocycles. The lowest BCUT2D eigenvalue weighted by atomic mass is 10.2. The highest BCUT2D eigenvalue weighted by Crippen LogP contribution is 2.22. The van der Waals surface area contributed by atoms with Crippen molar-refractivity contribution in [2.75, 3.05) is 0 Å². The summed E-state index contributed by atoms with van der Waals surface area (Å²) in [7, 11) is 0. The van der Waals surface area contributed by atoms with E-state index < -0.39 is 12.2 Å². The second-order valence-electron chi connectivity index (χ2n) is 2.98. The van der Waals surface area contributed by atoms with E-state index in [0.29, 0.717) is 15.6 Å². The van der Waals surface area contributed by atoms with Gasteiger partial charge in [0.25, 0.3) is 0 Å². The van der Waals surface area contributed by atoms with Crippen molar-refractivity contribution in [3.8, 4) is 11.8 Å². The standard InChI is InChI=1S/C11H9Cl2NO2/c1-7(16-11(14)15)2-3-8-4-5-9(12)10(13)6-8/h4-7H,1H3,(H2,14,15). The zero-order valence-corrected chi connectivity index (χ0v) is 9.97. The third-order valence-electron chi connectivity index (χ3n) is 1.63. The van der Waals surface area contributed by atoms with Crippen molar-refractivity contribution in [2.45, 2.75) is 13.0 Å². The van der Waals surface area contributed by atoms with Gasteiger partial charge in [-0.15, -0.1) is 0 Å². The first kappa shape index (κ1) is 12.7. The van der Waals surface area contributed by atoms with E-state index in [1.807, 2.05) is 0 Å². The van der Waals surface area contributed by atoms with Gasteiger partial charge in [-0.05, 0) is 25.1 Å². The van der Waals surface area contributed by atoms with Gasteiger partial charge in [-0.2, -0.15) is 0 Å². The molecule has 1 unspecified atom stereocenters. The van der Waals surface area contributed by atoms with Crippen LogP contribution in [0.25, 0.3) is 0 Å². The number of amides is 1. The summed E-state index contributed by atoms with van der Waals surface area (Å²) < 4.78 is 4.63. The molecule has 5 heteroatoms. The second-order valence-corrected chi connectivity index (χ2v) is 3.79. The van der Waals surface area contributed by atoms with Gasteiger partial charge in [0, 0.05) is 5.56 Å². The third kappa shape index (κ3) is 4.01. The molecule has 0 radical (unpaired) electrons. The van der Waals surface area contributed by atoms with Gasteiger partial charge in [0.15, 0.2) is 6.10 Å². The number of hydrogen-bond acceptors (Lipinski definition) is 2. The van der Waals surface area contributed by atoms with Gasteiger partial charge >= 0.3 is 6.09 Å². The topological polar surface area (TPSA) is 52.3 Å². The van der Waals surface area contributed by atoms with Crippen LogP contribution in [0.1, 0.15) is 12.5 Å². The number of benzene rings is 1. The summed E-state index contributed by atoms with van der Waals surface area (Å²) in [6, 6.07) is 5.00. The maximum Gasteiger partial charge on any atom is 0.405 e. The molecule has 1 aromatic carbocycles. The fourth-order valence-corrected chi connectivity index (χ4v) is 1.26. The lowest BCUT2D eigenvalue weighted by Gasteiger charge is -2.02. The Kier molecular flexibility index (Phi) is 4.48. The predicted octanol–water partition coefficient (Wildman–Crippen LogP) is 2.83. The largest absolute Gasteiger partial charge is 0.433 e. The maximum absolute atomic E-state index is 10.4. The first-order chi connectivity index (χ1) is 7.49. The number of halogens is 2. The number of carbonyl (C=O) groups is 1. The Morgan fingerprint density at radius 3 is 2.69 bits per heavy atom. The predicted molar refractivity (Wildman–Crippen MR) is 63.5 cm³/mol. The normalized spacial score (nSPS) is 11.2. The molecule has 1 aromatic rings. The fourth-order valence-electron chi connectivity index (χ4n) is 0.963. The highest BCUT2D eigenvalue weighted by atomic mass is 35.5. The minimum atomic E-state index is -0.851. The first-order valence-corrected chi connectivity index (χ1v) is 5.17.